The van der Waals surface area contributed by atoms with Gasteiger partial charge in [-0.1, -0.05) is 23.7 Å². The lowest BCUT2D eigenvalue weighted by Crippen LogP contribution is -2.47. The van der Waals surface area contributed by atoms with Crippen LogP contribution in [0.3, 0.4) is 0 Å². The highest BCUT2D eigenvalue weighted by atomic mass is 35.5. The Bertz CT molecular complexity index is 1030. The molecule has 3 aromatic rings. The lowest BCUT2D eigenvalue weighted by Gasteiger charge is -2.33. The highest BCUT2D eigenvalue weighted by molar-refractivity contribution is 6.35. The predicted molar refractivity (Wildman–Crippen MR) is 102 cm³/mol. The maximum absolute atomic E-state index is 14.0. The molecule has 140 valence electrons. The quantitative estimate of drug-likeness (QED) is 0.670. The zero-order valence-electron chi connectivity index (χ0n) is 15.1. The second kappa shape index (κ2) is 6.94. The molecule has 0 aliphatic carbocycles. The highest BCUT2D eigenvalue weighted by Crippen LogP contribution is 2.35. The molecule has 1 aliphatic heterocycles. The third-order valence-electron chi connectivity index (χ3n) is 4.98. The molecular formula is C20H19ClFN3O2. The number of morpholine rings is 1. The number of rotatable bonds is 2. The molecular weight excluding hydrogens is 369 g/mol. The Labute approximate surface area is 161 Å². The van der Waals surface area contributed by atoms with Crippen molar-refractivity contribution in [1.29, 1.82) is 0 Å². The molecule has 1 amide bonds. The number of hydrogen-bond acceptors (Lipinski definition) is 3. The topological polar surface area (TPSA) is 47.4 Å². The Morgan fingerprint density at radius 1 is 1.30 bits per heavy atom. The van der Waals surface area contributed by atoms with Crippen LogP contribution >= 0.6 is 11.6 Å². The van der Waals surface area contributed by atoms with Crippen molar-refractivity contribution >= 4 is 28.4 Å². The number of hydrogen-bond donors (Lipinski definition) is 0. The number of halogens is 2. The molecule has 0 radical (unpaired) electrons. The van der Waals surface area contributed by atoms with Gasteiger partial charge in [-0.05, 0) is 36.2 Å². The van der Waals surface area contributed by atoms with Crippen LogP contribution in [0.5, 0.6) is 0 Å². The number of benzene rings is 2. The van der Waals surface area contributed by atoms with Gasteiger partial charge in [-0.3, -0.25) is 9.48 Å². The summed E-state index contributed by atoms with van der Waals surface area (Å²) in [5, 5.41) is 5.68. The number of amides is 1. The first-order chi connectivity index (χ1) is 13.0. The van der Waals surface area contributed by atoms with Crippen LogP contribution in [0.4, 0.5) is 4.39 Å². The summed E-state index contributed by atoms with van der Waals surface area (Å²) in [5.74, 6) is -0.647. The van der Waals surface area contributed by atoms with Crippen molar-refractivity contribution in [3.8, 4) is 11.1 Å². The number of fused-ring (bicyclic) bond motifs is 1. The molecule has 1 aliphatic rings. The van der Waals surface area contributed by atoms with Crippen LogP contribution in [-0.4, -0.2) is 46.4 Å². The number of aromatic nitrogens is 2. The summed E-state index contributed by atoms with van der Waals surface area (Å²) in [4.78, 5) is 15.0. The fraction of sp³-hybridized carbons (Fsp3) is 0.300. The van der Waals surface area contributed by atoms with Gasteiger partial charge in [-0.15, -0.1) is 0 Å². The van der Waals surface area contributed by atoms with E-state index in [-0.39, 0.29) is 11.9 Å². The number of carbonyl (C=O) groups excluding carboxylic acids is 1. The van der Waals surface area contributed by atoms with E-state index in [2.05, 4.69) is 5.10 Å². The predicted octanol–water partition coefficient (Wildman–Crippen LogP) is 3.89. The van der Waals surface area contributed by atoms with Gasteiger partial charge in [0.25, 0.3) is 5.91 Å². The second-order valence-electron chi connectivity index (χ2n) is 6.74. The number of aryl methyl sites for hydroxylation is 1. The fourth-order valence-corrected chi connectivity index (χ4v) is 3.88. The van der Waals surface area contributed by atoms with Crippen LogP contribution in [0, 0.1) is 5.82 Å². The van der Waals surface area contributed by atoms with Crippen molar-refractivity contribution in [3.63, 3.8) is 0 Å². The summed E-state index contributed by atoms with van der Waals surface area (Å²) in [5.41, 5.74) is 2.56. The van der Waals surface area contributed by atoms with E-state index < -0.39 is 5.82 Å². The van der Waals surface area contributed by atoms with Crippen LogP contribution < -0.4 is 0 Å². The first-order valence-electron chi connectivity index (χ1n) is 8.76. The summed E-state index contributed by atoms with van der Waals surface area (Å²) >= 11 is 6.32. The monoisotopic (exact) mass is 387 g/mol. The Balaban J connectivity index is 1.88. The number of carbonyl (C=O) groups is 1. The van der Waals surface area contributed by atoms with Crippen molar-refractivity contribution in [2.45, 2.75) is 13.0 Å². The van der Waals surface area contributed by atoms with Crippen LogP contribution in [0.25, 0.3) is 22.0 Å². The minimum Gasteiger partial charge on any atom is -0.377 e. The number of ether oxygens (including phenoxy) is 1. The van der Waals surface area contributed by atoms with Crippen molar-refractivity contribution in [2.75, 3.05) is 19.8 Å². The zero-order valence-corrected chi connectivity index (χ0v) is 15.8. The molecule has 0 unspecified atom stereocenters. The van der Waals surface area contributed by atoms with Crippen molar-refractivity contribution < 1.29 is 13.9 Å². The lowest BCUT2D eigenvalue weighted by molar-refractivity contribution is 0.00361. The Morgan fingerprint density at radius 2 is 2.07 bits per heavy atom. The molecule has 2 aromatic carbocycles. The van der Waals surface area contributed by atoms with E-state index in [1.165, 1.54) is 12.1 Å². The molecule has 1 aromatic heterocycles. The average Bonchev–Trinajstić information content (AvgIpc) is 3.05. The van der Waals surface area contributed by atoms with Crippen LogP contribution in [0.15, 0.2) is 36.5 Å². The van der Waals surface area contributed by atoms with E-state index in [4.69, 9.17) is 16.3 Å². The Kier molecular flexibility index (Phi) is 4.61. The zero-order chi connectivity index (χ0) is 19.1. The maximum atomic E-state index is 14.0. The van der Waals surface area contributed by atoms with E-state index in [1.54, 1.807) is 27.9 Å². The molecule has 4 rings (SSSR count). The molecule has 7 heteroatoms. The fourth-order valence-electron chi connectivity index (χ4n) is 3.59. The smallest absolute Gasteiger partial charge is 0.254 e. The summed E-state index contributed by atoms with van der Waals surface area (Å²) in [6.45, 7) is 3.37. The normalized spacial score (nSPS) is 17.5. The molecule has 0 bridgehead atoms. The SMILES string of the molecule is C[C@@H]1COCCN1C(=O)c1cc(F)ccc1-c1ccc(Cl)c2c1cnn2C. The van der Waals surface area contributed by atoms with Crippen molar-refractivity contribution in [1.82, 2.24) is 14.7 Å². The van der Waals surface area contributed by atoms with Gasteiger partial charge in [-0.25, -0.2) is 4.39 Å². The van der Waals surface area contributed by atoms with E-state index in [1.807, 2.05) is 20.0 Å². The van der Waals surface area contributed by atoms with Gasteiger partial charge in [0.1, 0.15) is 5.82 Å². The molecule has 0 N–H and O–H groups in total. The summed E-state index contributed by atoms with van der Waals surface area (Å²) in [7, 11) is 1.81. The van der Waals surface area contributed by atoms with Gasteiger partial charge in [0.2, 0.25) is 0 Å². The van der Waals surface area contributed by atoms with Gasteiger partial charge >= 0.3 is 0 Å². The average molecular weight is 388 g/mol. The lowest BCUT2D eigenvalue weighted by atomic mass is 9.95. The van der Waals surface area contributed by atoms with E-state index >= 15 is 0 Å². The first-order valence-corrected chi connectivity index (χ1v) is 9.14. The van der Waals surface area contributed by atoms with E-state index in [0.29, 0.717) is 35.9 Å². The molecule has 1 fully saturated rings. The Morgan fingerprint density at radius 3 is 2.85 bits per heavy atom. The third-order valence-corrected chi connectivity index (χ3v) is 5.29. The minimum atomic E-state index is -0.445. The van der Waals surface area contributed by atoms with E-state index in [0.717, 1.165) is 16.5 Å². The molecule has 27 heavy (non-hydrogen) atoms. The molecule has 0 spiro atoms. The van der Waals surface area contributed by atoms with Crippen LogP contribution in [0.2, 0.25) is 5.02 Å². The molecule has 1 saturated heterocycles. The van der Waals surface area contributed by atoms with Crippen molar-refractivity contribution in [3.05, 3.63) is 52.9 Å². The summed E-state index contributed by atoms with van der Waals surface area (Å²) < 4.78 is 21.1. The minimum absolute atomic E-state index is 0.0639. The standard InChI is InChI=1S/C20H19ClFN3O2/c1-12-11-27-8-7-25(12)20(26)16-9-13(22)3-4-14(16)15-5-6-18(21)19-17(15)10-23-24(19)2/h3-6,9-10,12H,7-8,11H2,1-2H3/t12-/m1/s1. The van der Waals surface area contributed by atoms with E-state index in [9.17, 15) is 9.18 Å². The molecule has 2 heterocycles. The van der Waals surface area contributed by atoms with Gasteiger partial charge < -0.3 is 9.64 Å². The molecule has 0 saturated carbocycles. The summed E-state index contributed by atoms with van der Waals surface area (Å²) in [6.07, 6.45) is 1.71. The largest absolute Gasteiger partial charge is 0.377 e. The second-order valence-corrected chi connectivity index (χ2v) is 7.14. The molecule has 1 atom stereocenters. The van der Waals surface area contributed by atoms with Gasteiger partial charge in [0.05, 0.1) is 41.6 Å². The van der Waals surface area contributed by atoms with Gasteiger partial charge in [0.15, 0.2) is 0 Å². The molecule has 5 nitrogen and oxygen atoms in total. The van der Waals surface area contributed by atoms with Crippen molar-refractivity contribution in [2.24, 2.45) is 7.05 Å². The summed E-state index contributed by atoms with van der Waals surface area (Å²) in [6, 6.07) is 7.87. The van der Waals surface area contributed by atoms with Gasteiger partial charge in [-0.2, -0.15) is 5.10 Å². The van der Waals surface area contributed by atoms with Crippen LogP contribution in [0.1, 0.15) is 17.3 Å². The number of nitrogens with zero attached hydrogens (tertiary/aromatic N) is 3. The third kappa shape index (κ3) is 3.09. The first kappa shape index (κ1) is 17.9. The Hall–Kier alpha value is -2.44. The maximum Gasteiger partial charge on any atom is 0.254 e. The van der Waals surface area contributed by atoms with Gasteiger partial charge in [0, 0.05) is 19.0 Å². The van der Waals surface area contributed by atoms with Crippen LogP contribution in [-0.2, 0) is 11.8 Å². The highest BCUT2D eigenvalue weighted by Gasteiger charge is 2.27.